The van der Waals surface area contributed by atoms with Crippen LogP contribution in [0.4, 0.5) is 4.39 Å². The fourth-order valence-electron chi connectivity index (χ4n) is 2.48. The summed E-state index contributed by atoms with van der Waals surface area (Å²) in [6, 6.07) is 4.38. The summed E-state index contributed by atoms with van der Waals surface area (Å²) >= 11 is 0. The van der Waals surface area contributed by atoms with Crippen LogP contribution in [0.25, 0.3) is 0 Å². The van der Waals surface area contributed by atoms with Gasteiger partial charge < -0.3 is 10.4 Å². The Morgan fingerprint density at radius 1 is 1.50 bits per heavy atom. The summed E-state index contributed by atoms with van der Waals surface area (Å²) in [5.74, 6) is -0.348. The van der Waals surface area contributed by atoms with E-state index in [1.807, 2.05) is 0 Å². The van der Waals surface area contributed by atoms with Gasteiger partial charge in [0.05, 0.1) is 0 Å². The van der Waals surface area contributed by atoms with Crippen molar-refractivity contribution in [1.82, 2.24) is 5.32 Å². The molecule has 0 aromatic heterocycles. The molecule has 1 aromatic rings. The molecule has 1 aliphatic rings. The number of aliphatic hydroxyl groups is 1. The molecule has 0 heterocycles. The Morgan fingerprint density at radius 2 is 2.28 bits per heavy atom. The summed E-state index contributed by atoms with van der Waals surface area (Å²) < 4.78 is 13.1. The van der Waals surface area contributed by atoms with Crippen molar-refractivity contribution in [2.45, 2.75) is 32.2 Å². The van der Waals surface area contributed by atoms with E-state index in [1.165, 1.54) is 12.1 Å². The maximum atomic E-state index is 13.1. The Morgan fingerprint density at radius 3 is 2.94 bits per heavy atom. The van der Waals surface area contributed by atoms with Gasteiger partial charge in [-0.05, 0) is 43.5 Å². The summed E-state index contributed by atoms with van der Waals surface area (Å²) in [5, 5.41) is 12.1. The molecule has 2 rings (SSSR count). The third kappa shape index (κ3) is 2.70. The maximum absolute atomic E-state index is 13.1. The van der Waals surface area contributed by atoms with Gasteiger partial charge in [0.2, 0.25) is 0 Å². The second-order valence-electron chi connectivity index (χ2n) is 4.92. The minimum absolute atomic E-state index is 0.0351. The van der Waals surface area contributed by atoms with E-state index >= 15 is 0 Å². The molecule has 2 atom stereocenters. The molecule has 0 bridgehead atoms. The van der Waals surface area contributed by atoms with E-state index in [2.05, 4.69) is 5.32 Å². The Hall–Kier alpha value is -1.42. The number of rotatable bonds is 3. The highest BCUT2D eigenvalue weighted by molar-refractivity contribution is 5.94. The van der Waals surface area contributed by atoms with E-state index in [0.29, 0.717) is 11.1 Å². The van der Waals surface area contributed by atoms with Gasteiger partial charge in [-0.25, -0.2) is 4.39 Å². The largest absolute Gasteiger partial charge is 0.396 e. The first-order valence-corrected chi connectivity index (χ1v) is 6.29. The monoisotopic (exact) mass is 251 g/mol. The SMILES string of the molecule is Cc1cc(C(=O)NC2CCCC2CO)ccc1F. The van der Waals surface area contributed by atoms with Crippen LogP contribution in [0.3, 0.4) is 0 Å². The summed E-state index contributed by atoms with van der Waals surface area (Å²) in [4.78, 5) is 12.0. The molecule has 4 heteroatoms. The molecule has 2 unspecified atom stereocenters. The molecule has 98 valence electrons. The molecule has 0 radical (unpaired) electrons. The summed E-state index contributed by atoms with van der Waals surface area (Å²) in [5.41, 5.74) is 0.935. The van der Waals surface area contributed by atoms with Crippen molar-refractivity contribution in [2.75, 3.05) is 6.61 Å². The number of halogens is 1. The van der Waals surface area contributed by atoms with Crippen molar-refractivity contribution in [3.8, 4) is 0 Å². The van der Waals surface area contributed by atoms with Crippen LogP contribution in [0, 0.1) is 18.7 Å². The third-order valence-corrected chi connectivity index (χ3v) is 3.63. The van der Waals surface area contributed by atoms with Crippen molar-refractivity contribution in [1.29, 1.82) is 0 Å². The molecule has 0 spiro atoms. The zero-order valence-electron chi connectivity index (χ0n) is 10.4. The summed E-state index contributed by atoms with van der Waals surface area (Å²) in [6.07, 6.45) is 2.87. The van der Waals surface area contributed by atoms with Gasteiger partial charge in [-0.3, -0.25) is 4.79 Å². The van der Waals surface area contributed by atoms with Crippen molar-refractivity contribution in [3.63, 3.8) is 0 Å². The van der Waals surface area contributed by atoms with Gasteiger partial charge in [0.25, 0.3) is 5.91 Å². The van der Waals surface area contributed by atoms with Gasteiger partial charge in [-0.1, -0.05) is 6.42 Å². The number of hydrogen-bond donors (Lipinski definition) is 2. The number of hydrogen-bond acceptors (Lipinski definition) is 2. The molecule has 2 N–H and O–H groups in total. The Labute approximate surface area is 106 Å². The fraction of sp³-hybridized carbons (Fsp3) is 0.500. The van der Waals surface area contributed by atoms with Gasteiger partial charge >= 0.3 is 0 Å². The van der Waals surface area contributed by atoms with Gasteiger partial charge in [0.1, 0.15) is 5.82 Å². The molecule has 1 saturated carbocycles. The molecule has 18 heavy (non-hydrogen) atoms. The maximum Gasteiger partial charge on any atom is 0.251 e. The predicted octanol–water partition coefficient (Wildman–Crippen LogP) is 2.02. The number of aliphatic hydroxyl groups excluding tert-OH is 1. The van der Waals surface area contributed by atoms with E-state index in [9.17, 15) is 14.3 Å². The van der Waals surface area contributed by atoms with Crippen LogP contribution < -0.4 is 5.32 Å². The van der Waals surface area contributed by atoms with Crippen LogP contribution in [0.1, 0.15) is 35.2 Å². The molecule has 1 aliphatic carbocycles. The Bertz CT molecular complexity index is 447. The molecule has 3 nitrogen and oxygen atoms in total. The highest BCUT2D eigenvalue weighted by Gasteiger charge is 2.28. The van der Waals surface area contributed by atoms with Crippen molar-refractivity contribution in [2.24, 2.45) is 5.92 Å². The zero-order valence-corrected chi connectivity index (χ0v) is 10.4. The Balaban J connectivity index is 2.05. The predicted molar refractivity (Wildman–Crippen MR) is 66.8 cm³/mol. The van der Waals surface area contributed by atoms with Gasteiger partial charge in [0.15, 0.2) is 0 Å². The second kappa shape index (κ2) is 5.48. The summed E-state index contributed by atoms with van der Waals surface area (Å²) in [6.45, 7) is 1.74. The molecule has 1 aromatic carbocycles. The van der Waals surface area contributed by atoms with Crippen LogP contribution in [-0.4, -0.2) is 23.7 Å². The lowest BCUT2D eigenvalue weighted by Gasteiger charge is -2.19. The summed E-state index contributed by atoms with van der Waals surface area (Å²) in [7, 11) is 0. The smallest absolute Gasteiger partial charge is 0.251 e. The fourth-order valence-corrected chi connectivity index (χ4v) is 2.48. The first-order chi connectivity index (χ1) is 8.61. The van der Waals surface area contributed by atoms with Gasteiger partial charge in [0, 0.05) is 24.1 Å². The van der Waals surface area contributed by atoms with E-state index in [1.54, 1.807) is 13.0 Å². The van der Waals surface area contributed by atoms with Crippen LogP contribution >= 0.6 is 0 Å². The average Bonchev–Trinajstić information content (AvgIpc) is 2.79. The Kier molecular flexibility index (Phi) is 3.97. The lowest BCUT2D eigenvalue weighted by Crippen LogP contribution is -2.38. The molecule has 1 fully saturated rings. The number of carbonyl (C=O) groups excluding carboxylic acids is 1. The lowest BCUT2D eigenvalue weighted by molar-refractivity contribution is 0.0916. The third-order valence-electron chi connectivity index (χ3n) is 3.63. The van der Waals surface area contributed by atoms with Gasteiger partial charge in [-0.2, -0.15) is 0 Å². The first kappa shape index (κ1) is 13.0. The van der Waals surface area contributed by atoms with E-state index in [0.717, 1.165) is 19.3 Å². The highest BCUT2D eigenvalue weighted by Crippen LogP contribution is 2.25. The average molecular weight is 251 g/mol. The van der Waals surface area contributed by atoms with Gasteiger partial charge in [-0.15, -0.1) is 0 Å². The van der Waals surface area contributed by atoms with Crippen LogP contribution in [0.2, 0.25) is 0 Å². The zero-order chi connectivity index (χ0) is 13.1. The van der Waals surface area contributed by atoms with Crippen LogP contribution in [0.5, 0.6) is 0 Å². The number of nitrogens with one attached hydrogen (secondary N) is 1. The van der Waals surface area contributed by atoms with Crippen LogP contribution in [0.15, 0.2) is 18.2 Å². The number of benzene rings is 1. The van der Waals surface area contributed by atoms with E-state index in [4.69, 9.17) is 0 Å². The number of aryl methyl sites for hydroxylation is 1. The minimum atomic E-state index is -0.305. The number of amides is 1. The quantitative estimate of drug-likeness (QED) is 0.863. The molecule has 0 aliphatic heterocycles. The second-order valence-corrected chi connectivity index (χ2v) is 4.92. The number of carbonyl (C=O) groups is 1. The highest BCUT2D eigenvalue weighted by atomic mass is 19.1. The van der Waals surface area contributed by atoms with Crippen molar-refractivity contribution >= 4 is 5.91 Å². The molecular weight excluding hydrogens is 233 g/mol. The first-order valence-electron chi connectivity index (χ1n) is 6.29. The molecule has 1 amide bonds. The topological polar surface area (TPSA) is 49.3 Å². The van der Waals surface area contributed by atoms with Crippen molar-refractivity contribution in [3.05, 3.63) is 35.1 Å². The lowest BCUT2D eigenvalue weighted by atomic mass is 10.0. The molecular formula is C14H18FNO2. The van der Waals surface area contributed by atoms with Crippen LogP contribution in [-0.2, 0) is 0 Å². The standard InChI is InChI=1S/C14H18FNO2/c1-9-7-10(5-6-12(9)15)14(18)16-13-4-2-3-11(13)8-17/h5-7,11,13,17H,2-4,8H2,1H3,(H,16,18). The molecule has 0 saturated heterocycles. The van der Waals surface area contributed by atoms with Crippen molar-refractivity contribution < 1.29 is 14.3 Å². The normalized spacial score (nSPS) is 23.1. The van der Waals surface area contributed by atoms with E-state index < -0.39 is 0 Å². The van der Waals surface area contributed by atoms with E-state index in [-0.39, 0.29) is 30.3 Å². The minimum Gasteiger partial charge on any atom is -0.396 e.